The predicted octanol–water partition coefficient (Wildman–Crippen LogP) is 3.55. The maximum atomic E-state index is 13.1. The summed E-state index contributed by atoms with van der Waals surface area (Å²) in [4.78, 5) is 26.1. The van der Waals surface area contributed by atoms with Crippen LogP contribution in [0.4, 0.5) is 0 Å². The van der Waals surface area contributed by atoms with E-state index >= 15 is 0 Å². The second-order valence-electron chi connectivity index (χ2n) is 6.26. The van der Waals surface area contributed by atoms with Crippen LogP contribution < -0.4 is 0 Å². The second-order valence-corrected chi connectivity index (χ2v) is 6.26. The first kappa shape index (κ1) is 17.0. The lowest BCUT2D eigenvalue weighted by molar-refractivity contribution is -0.144. The molecule has 0 saturated carbocycles. The van der Waals surface area contributed by atoms with Crippen LogP contribution in [0, 0.1) is 5.92 Å². The summed E-state index contributed by atoms with van der Waals surface area (Å²) in [5.74, 6) is -1.42. The number of carbonyl (C=O) groups excluding carboxylic acids is 1. The lowest BCUT2D eigenvalue weighted by Crippen LogP contribution is -2.42. The summed E-state index contributed by atoms with van der Waals surface area (Å²) >= 11 is 0. The smallest absolute Gasteiger partial charge is 0.308 e. The van der Waals surface area contributed by atoms with E-state index in [1.165, 1.54) is 0 Å². The Morgan fingerprint density at radius 3 is 2.28 bits per heavy atom. The maximum Gasteiger partial charge on any atom is 0.308 e. The summed E-state index contributed by atoms with van der Waals surface area (Å²) in [6.07, 6.45) is 3.22. The third-order valence-electron chi connectivity index (χ3n) is 4.48. The van der Waals surface area contributed by atoms with Gasteiger partial charge in [0.2, 0.25) is 0 Å². The van der Waals surface area contributed by atoms with Crippen molar-refractivity contribution < 1.29 is 14.7 Å². The van der Waals surface area contributed by atoms with Crippen LogP contribution >= 0.6 is 0 Å². The van der Waals surface area contributed by atoms with E-state index in [1.54, 1.807) is 4.90 Å². The minimum Gasteiger partial charge on any atom is -0.481 e. The minimum absolute atomic E-state index is 0.110. The van der Waals surface area contributed by atoms with Crippen LogP contribution in [-0.4, -0.2) is 35.0 Å². The van der Waals surface area contributed by atoms with Crippen LogP contribution in [0.15, 0.2) is 60.7 Å². The molecule has 0 unspecified atom stereocenters. The van der Waals surface area contributed by atoms with Crippen LogP contribution in [0.1, 0.15) is 24.0 Å². The molecule has 2 aromatic carbocycles. The Kier molecular flexibility index (Phi) is 5.29. The first-order valence-corrected chi connectivity index (χ1v) is 8.49. The van der Waals surface area contributed by atoms with Crippen LogP contribution in [0.3, 0.4) is 0 Å². The van der Waals surface area contributed by atoms with Gasteiger partial charge in [-0.15, -0.1) is 0 Å². The Morgan fingerprint density at radius 2 is 1.64 bits per heavy atom. The molecule has 0 radical (unpaired) electrons. The summed E-state index contributed by atoms with van der Waals surface area (Å²) in [6, 6.07) is 19.2. The van der Waals surface area contributed by atoms with Crippen molar-refractivity contribution >= 4 is 23.5 Å². The normalized spacial score (nSPS) is 18.0. The molecule has 4 heteroatoms. The lowest BCUT2D eigenvalue weighted by atomic mass is 9.95. The van der Waals surface area contributed by atoms with Gasteiger partial charge in [0.15, 0.2) is 0 Å². The zero-order valence-corrected chi connectivity index (χ0v) is 14.0. The van der Waals surface area contributed by atoms with Crippen LogP contribution in [0.2, 0.25) is 0 Å². The van der Waals surface area contributed by atoms with Crippen molar-refractivity contribution in [1.82, 2.24) is 4.90 Å². The number of likely N-dealkylation sites (tertiary alicyclic amines) is 1. The van der Waals surface area contributed by atoms with Gasteiger partial charge in [-0.1, -0.05) is 60.7 Å². The van der Waals surface area contributed by atoms with Crippen molar-refractivity contribution in [2.45, 2.75) is 12.8 Å². The van der Waals surface area contributed by atoms with E-state index in [0.29, 0.717) is 18.5 Å². The third kappa shape index (κ3) is 4.15. The molecule has 2 aromatic rings. The van der Waals surface area contributed by atoms with E-state index in [9.17, 15) is 14.7 Å². The molecule has 3 rings (SSSR count). The first-order valence-electron chi connectivity index (χ1n) is 8.49. The molecular formula is C21H21NO3. The third-order valence-corrected chi connectivity index (χ3v) is 4.48. The molecule has 128 valence electrons. The molecule has 1 amide bonds. The Hall–Kier alpha value is -2.88. The average molecular weight is 335 g/mol. The number of carbonyl (C=O) groups is 2. The zero-order valence-electron chi connectivity index (χ0n) is 14.0. The number of hydrogen-bond acceptors (Lipinski definition) is 2. The number of amides is 1. The number of carboxylic acids is 1. The van der Waals surface area contributed by atoms with Crippen molar-refractivity contribution in [3.05, 3.63) is 71.8 Å². The van der Waals surface area contributed by atoms with E-state index in [4.69, 9.17) is 0 Å². The fraction of sp³-hybridized carbons (Fsp3) is 0.238. The van der Waals surface area contributed by atoms with Gasteiger partial charge in [-0.25, -0.2) is 0 Å². The molecule has 1 saturated heterocycles. The van der Waals surface area contributed by atoms with Gasteiger partial charge < -0.3 is 10.0 Å². The average Bonchev–Trinajstić information content (AvgIpc) is 2.67. The molecule has 0 bridgehead atoms. The standard InChI is InChI=1S/C21H21NO3/c23-20(22-13-7-12-18(15-22)21(24)25)19(17-10-5-2-6-11-17)14-16-8-3-1-4-9-16/h1-6,8-11,14,18H,7,12-13,15H2,(H,24,25)/b19-14-/t18-/m1/s1. The summed E-state index contributed by atoms with van der Waals surface area (Å²) in [7, 11) is 0. The highest BCUT2D eigenvalue weighted by Crippen LogP contribution is 2.24. The molecule has 1 aliphatic rings. The molecule has 1 aliphatic heterocycles. The van der Waals surface area contributed by atoms with E-state index in [0.717, 1.165) is 17.5 Å². The predicted molar refractivity (Wildman–Crippen MR) is 97.7 cm³/mol. The van der Waals surface area contributed by atoms with Gasteiger partial charge >= 0.3 is 5.97 Å². The number of benzene rings is 2. The number of aliphatic carboxylic acids is 1. The molecule has 1 atom stereocenters. The topological polar surface area (TPSA) is 57.6 Å². The number of hydrogen-bond donors (Lipinski definition) is 1. The molecule has 0 aliphatic carbocycles. The quantitative estimate of drug-likeness (QED) is 0.687. The number of piperidine rings is 1. The molecule has 0 spiro atoms. The highest BCUT2D eigenvalue weighted by molar-refractivity contribution is 6.24. The molecule has 4 nitrogen and oxygen atoms in total. The second kappa shape index (κ2) is 7.79. The van der Waals surface area contributed by atoms with Gasteiger partial charge in [0, 0.05) is 18.7 Å². The van der Waals surface area contributed by atoms with Gasteiger partial charge in [0.05, 0.1) is 5.92 Å². The van der Waals surface area contributed by atoms with E-state index in [2.05, 4.69) is 0 Å². The molecule has 1 heterocycles. The highest BCUT2D eigenvalue weighted by Gasteiger charge is 2.29. The van der Waals surface area contributed by atoms with Gasteiger partial charge in [-0.2, -0.15) is 0 Å². The fourth-order valence-corrected chi connectivity index (χ4v) is 3.14. The van der Waals surface area contributed by atoms with Gasteiger partial charge in [0.1, 0.15) is 0 Å². The van der Waals surface area contributed by atoms with Crippen molar-refractivity contribution in [3.63, 3.8) is 0 Å². The Morgan fingerprint density at radius 1 is 1.00 bits per heavy atom. The minimum atomic E-state index is -0.828. The van der Waals surface area contributed by atoms with Crippen LogP contribution in [-0.2, 0) is 9.59 Å². The van der Waals surface area contributed by atoms with Crippen molar-refractivity contribution in [3.8, 4) is 0 Å². The summed E-state index contributed by atoms with van der Waals surface area (Å²) in [5.41, 5.74) is 2.38. The molecule has 1 N–H and O–H groups in total. The Bertz CT molecular complexity index is 768. The van der Waals surface area contributed by atoms with Crippen molar-refractivity contribution in [1.29, 1.82) is 0 Å². The SMILES string of the molecule is O=C(O)[C@@H]1CCCN(C(=O)/C(=C\c2ccccc2)c2ccccc2)C1. The number of nitrogens with zero attached hydrogens (tertiary/aromatic N) is 1. The summed E-state index contributed by atoms with van der Waals surface area (Å²) in [6.45, 7) is 0.870. The lowest BCUT2D eigenvalue weighted by Gasteiger charge is -2.31. The number of carboxylic acid groups (broad SMARTS) is 1. The zero-order chi connectivity index (χ0) is 17.6. The van der Waals surface area contributed by atoms with Crippen molar-refractivity contribution in [2.24, 2.45) is 5.92 Å². The highest BCUT2D eigenvalue weighted by atomic mass is 16.4. The largest absolute Gasteiger partial charge is 0.481 e. The molecule has 25 heavy (non-hydrogen) atoms. The molecule has 0 aromatic heterocycles. The molecule has 1 fully saturated rings. The van der Waals surface area contributed by atoms with Gasteiger partial charge in [-0.05, 0) is 30.0 Å². The van der Waals surface area contributed by atoms with Crippen molar-refractivity contribution in [2.75, 3.05) is 13.1 Å². The summed E-state index contributed by atoms with van der Waals surface area (Å²) < 4.78 is 0. The first-order chi connectivity index (χ1) is 12.1. The fourth-order valence-electron chi connectivity index (χ4n) is 3.14. The molecular weight excluding hydrogens is 314 g/mol. The van der Waals surface area contributed by atoms with Gasteiger partial charge in [-0.3, -0.25) is 9.59 Å². The van der Waals surface area contributed by atoms with E-state index in [-0.39, 0.29) is 12.5 Å². The number of rotatable bonds is 4. The van der Waals surface area contributed by atoms with Crippen LogP contribution in [0.5, 0.6) is 0 Å². The maximum absolute atomic E-state index is 13.1. The Labute approximate surface area is 147 Å². The summed E-state index contributed by atoms with van der Waals surface area (Å²) in [5, 5.41) is 9.28. The monoisotopic (exact) mass is 335 g/mol. The Balaban J connectivity index is 1.93. The van der Waals surface area contributed by atoms with E-state index < -0.39 is 11.9 Å². The van der Waals surface area contributed by atoms with Gasteiger partial charge in [0.25, 0.3) is 5.91 Å². The van der Waals surface area contributed by atoms with Crippen LogP contribution in [0.25, 0.3) is 11.6 Å². The van der Waals surface area contributed by atoms with E-state index in [1.807, 2.05) is 66.7 Å².